The lowest BCUT2D eigenvalue weighted by Crippen LogP contribution is -2.47. The number of halogens is 1. The van der Waals surface area contributed by atoms with E-state index in [9.17, 15) is 9.18 Å². The molecule has 1 N–H and O–H groups in total. The van der Waals surface area contributed by atoms with Gasteiger partial charge in [0, 0.05) is 38.9 Å². The lowest BCUT2D eigenvalue weighted by Gasteiger charge is -2.37. The van der Waals surface area contributed by atoms with Gasteiger partial charge in [0.1, 0.15) is 11.6 Å². The first-order chi connectivity index (χ1) is 11.7. The van der Waals surface area contributed by atoms with Crippen LogP contribution in [0.25, 0.3) is 0 Å². The Bertz CT molecular complexity index is 714. The van der Waals surface area contributed by atoms with Crippen molar-refractivity contribution < 1.29 is 9.18 Å². The van der Waals surface area contributed by atoms with Crippen molar-refractivity contribution in [3.05, 3.63) is 54.0 Å². The molecule has 0 unspecified atom stereocenters. The Kier molecular flexibility index (Phi) is 4.93. The first kappa shape index (κ1) is 16.2. The number of carbonyl (C=O) groups is 1. The van der Waals surface area contributed by atoms with Gasteiger partial charge in [-0.15, -0.1) is 0 Å². The molecule has 5 nitrogen and oxygen atoms in total. The SMILES string of the molecule is CCNC(=O)c1cccnc1N1CCN(c2ccccc2F)CC1. The first-order valence-corrected chi connectivity index (χ1v) is 8.18. The van der Waals surface area contributed by atoms with Gasteiger partial charge in [0.25, 0.3) is 5.91 Å². The van der Waals surface area contributed by atoms with Crippen molar-refractivity contribution in [2.45, 2.75) is 6.92 Å². The Balaban J connectivity index is 1.74. The summed E-state index contributed by atoms with van der Waals surface area (Å²) in [4.78, 5) is 20.7. The van der Waals surface area contributed by atoms with Crippen LogP contribution in [0.4, 0.5) is 15.9 Å². The third-order valence-electron chi connectivity index (χ3n) is 4.14. The number of hydrogen-bond donors (Lipinski definition) is 1. The highest BCUT2D eigenvalue weighted by Crippen LogP contribution is 2.23. The second-order valence-electron chi connectivity index (χ2n) is 5.66. The monoisotopic (exact) mass is 328 g/mol. The van der Waals surface area contributed by atoms with Crippen molar-refractivity contribution in [2.24, 2.45) is 0 Å². The summed E-state index contributed by atoms with van der Waals surface area (Å²) >= 11 is 0. The standard InChI is InChI=1S/C18H21FN4O/c1-2-20-18(24)14-6-5-9-21-17(14)23-12-10-22(11-13-23)16-8-4-3-7-15(16)19/h3-9H,2,10-13H2,1H3,(H,20,24). The van der Waals surface area contributed by atoms with Gasteiger partial charge < -0.3 is 15.1 Å². The van der Waals surface area contributed by atoms with Crippen molar-refractivity contribution in [3.8, 4) is 0 Å². The fourth-order valence-corrected chi connectivity index (χ4v) is 2.95. The minimum atomic E-state index is -0.202. The lowest BCUT2D eigenvalue weighted by atomic mass is 10.2. The average molecular weight is 328 g/mol. The van der Waals surface area contributed by atoms with Gasteiger partial charge in [0.2, 0.25) is 0 Å². The van der Waals surface area contributed by atoms with Crippen LogP contribution in [0.3, 0.4) is 0 Å². The van der Waals surface area contributed by atoms with E-state index >= 15 is 0 Å². The highest BCUT2D eigenvalue weighted by atomic mass is 19.1. The Morgan fingerprint density at radius 2 is 1.83 bits per heavy atom. The van der Waals surface area contributed by atoms with E-state index in [0.717, 1.165) is 0 Å². The van der Waals surface area contributed by atoms with Gasteiger partial charge in [-0.05, 0) is 31.2 Å². The van der Waals surface area contributed by atoms with Crippen LogP contribution in [0.15, 0.2) is 42.6 Å². The third-order valence-corrected chi connectivity index (χ3v) is 4.14. The molecule has 1 saturated heterocycles. The molecule has 0 atom stereocenters. The number of aromatic nitrogens is 1. The molecule has 3 rings (SSSR count). The summed E-state index contributed by atoms with van der Waals surface area (Å²) in [6.45, 7) is 5.23. The van der Waals surface area contributed by atoms with Crippen molar-refractivity contribution in [3.63, 3.8) is 0 Å². The van der Waals surface area contributed by atoms with E-state index in [0.29, 0.717) is 49.8 Å². The summed E-state index contributed by atoms with van der Waals surface area (Å²) in [5.41, 5.74) is 1.21. The van der Waals surface area contributed by atoms with Crippen molar-refractivity contribution in [1.82, 2.24) is 10.3 Å². The van der Waals surface area contributed by atoms with Crippen LogP contribution in [0.5, 0.6) is 0 Å². The molecule has 0 aliphatic carbocycles. The molecule has 2 aromatic rings. The van der Waals surface area contributed by atoms with E-state index in [4.69, 9.17) is 0 Å². The van der Waals surface area contributed by atoms with Crippen molar-refractivity contribution in [1.29, 1.82) is 0 Å². The molecule has 1 aromatic carbocycles. The summed E-state index contributed by atoms with van der Waals surface area (Å²) in [5.74, 6) is 0.376. The zero-order valence-corrected chi connectivity index (χ0v) is 13.7. The number of amides is 1. The van der Waals surface area contributed by atoms with Crippen LogP contribution < -0.4 is 15.1 Å². The molecule has 24 heavy (non-hydrogen) atoms. The average Bonchev–Trinajstić information content (AvgIpc) is 2.62. The summed E-state index contributed by atoms with van der Waals surface area (Å²) in [6.07, 6.45) is 1.70. The summed E-state index contributed by atoms with van der Waals surface area (Å²) in [5, 5.41) is 2.82. The van der Waals surface area contributed by atoms with Gasteiger partial charge in [-0.2, -0.15) is 0 Å². The van der Waals surface area contributed by atoms with E-state index in [1.165, 1.54) is 6.07 Å². The van der Waals surface area contributed by atoms with Gasteiger partial charge in [-0.1, -0.05) is 12.1 Å². The van der Waals surface area contributed by atoms with Crippen molar-refractivity contribution >= 4 is 17.4 Å². The normalized spacial score (nSPS) is 14.6. The quantitative estimate of drug-likeness (QED) is 0.936. The number of pyridine rings is 1. The predicted octanol–water partition coefficient (Wildman–Crippen LogP) is 2.30. The number of hydrogen-bond acceptors (Lipinski definition) is 4. The zero-order valence-electron chi connectivity index (χ0n) is 13.7. The molecular formula is C18H21FN4O. The van der Waals surface area contributed by atoms with Gasteiger partial charge in [-0.25, -0.2) is 9.37 Å². The Morgan fingerprint density at radius 1 is 1.12 bits per heavy atom. The van der Waals surface area contributed by atoms with Crippen LogP contribution in [0.1, 0.15) is 17.3 Å². The molecule has 0 saturated carbocycles. The summed E-state index contributed by atoms with van der Waals surface area (Å²) in [6, 6.07) is 10.4. The van der Waals surface area contributed by atoms with Gasteiger partial charge >= 0.3 is 0 Å². The summed E-state index contributed by atoms with van der Waals surface area (Å²) < 4.78 is 13.9. The number of anilines is 2. The molecule has 2 heterocycles. The van der Waals surface area contributed by atoms with Crippen LogP contribution in [-0.4, -0.2) is 43.6 Å². The van der Waals surface area contributed by atoms with Crippen LogP contribution >= 0.6 is 0 Å². The fourth-order valence-electron chi connectivity index (χ4n) is 2.95. The van der Waals surface area contributed by atoms with E-state index in [-0.39, 0.29) is 11.7 Å². The topological polar surface area (TPSA) is 48.5 Å². The molecule has 6 heteroatoms. The van der Waals surface area contributed by atoms with E-state index in [1.807, 2.05) is 17.9 Å². The van der Waals surface area contributed by atoms with Crippen molar-refractivity contribution in [2.75, 3.05) is 42.5 Å². The number of rotatable bonds is 4. The number of nitrogens with one attached hydrogen (secondary N) is 1. The molecule has 0 bridgehead atoms. The van der Waals surface area contributed by atoms with E-state index in [2.05, 4.69) is 15.2 Å². The van der Waals surface area contributed by atoms with E-state index in [1.54, 1.807) is 30.5 Å². The van der Waals surface area contributed by atoms with Gasteiger partial charge in [-0.3, -0.25) is 4.79 Å². The second kappa shape index (κ2) is 7.29. The van der Waals surface area contributed by atoms with Crippen LogP contribution in [0, 0.1) is 5.82 Å². The Morgan fingerprint density at radius 3 is 2.54 bits per heavy atom. The lowest BCUT2D eigenvalue weighted by molar-refractivity contribution is 0.0956. The smallest absolute Gasteiger partial charge is 0.255 e. The largest absolute Gasteiger partial charge is 0.366 e. The molecule has 1 fully saturated rings. The molecule has 1 aliphatic rings. The minimum Gasteiger partial charge on any atom is -0.366 e. The van der Waals surface area contributed by atoms with Crippen LogP contribution in [0.2, 0.25) is 0 Å². The zero-order chi connectivity index (χ0) is 16.9. The molecule has 1 aliphatic heterocycles. The highest BCUT2D eigenvalue weighted by Gasteiger charge is 2.23. The minimum absolute atomic E-state index is 0.114. The molecule has 0 radical (unpaired) electrons. The maximum Gasteiger partial charge on any atom is 0.255 e. The van der Waals surface area contributed by atoms with Gasteiger partial charge in [0.05, 0.1) is 11.3 Å². The maximum absolute atomic E-state index is 13.9. The second-order valence-corrected chi connectivity index (χ2v) is 5.66. The number of para-hydroxylation sites is 1. The highest BCUT2D eigenvalue weighted by molar-refractivity contribution is 5.98. The third kappa shape index (κ3) is 3.32. The molecule has 1 amide bonds. The molecule has 1 aromatic heterocycles. The fraction of sp³-hybridized carbons (Fsp3) is 0.333. The predicted molar refractivity (Wildman–Crippen MR) is 93.1 cm³/mol. The number of carbonyl (C=O) groups excluding carboxylic acids is 1. The number of nitrogens with zero attached hydrogens (tertiary/aromatic N) is 3. The van der Waals surface area contributed by atoms with Crippen LogP contribution in [-0.2, 0) is 0 Å². The maximum atomic E-state index is 13.9. The molecular weight excluding hydrogens is 307 g/mol. The first-order valence-electron chi connectivity index (χ1n) is 8.18. The summed E-state index contributed by atoms with van der Waals surface area (Å²) in [7, 11) is 0. The van der Waals surface area contributed by atoms with E-state index < -0.39 is 0 Å². The molecule has 0 spiro atoms. The number of benzene rings is 1. The molecule has 126 valence electrons. The van der Waals surface area contributed by atoms with Gasteiger partial charge in [0.15, 0.2) is 0 Å². The Labute approximate surface area is 141 Å². The number of piperazine rings is 1. The Hall–Kier alpha value is -2.63.